The maximum absolute atomic E-state index is 4.08. The summed E-state index contributed by atoms with van der Waals surface area (Å²) in [6, 6.07) is 0. The van der Waals surface area contributed by atoms with Gasteiger partial charge in [0.05, 0.1) is 0 Å². The second kappa shape index (κ2) is 2.69. The molecule has 1 atom stereocenters. The zero-order valence-electron chi connectivity index (χ0n) is 7.86. The molecule has 0 N–H and O–H groups in total. The van der Waals surface area contributed by atoms with Crippen molar-refractivity contribution in [3.8, 4) is 0 Å². The predicted octanol–water partition coefficient (Wildman–Crippen LogP) is 3.48. The number of allylic oxidation sites excluding steroid dienone is 5. The van der Waals surface area contributed by atoms with Crippen LogP contribution in [0.15, 0.2) is 34.9 Å². The lowest BCUT2D eigenvalue weighted by Gasteiger charge is -2.22. The fraction of sp³-hybridized carbons (Fsp3) is 0.455. The molecular weight excluding hydrogens is 132 g/mol. The molecule has 0 spiro atoms. The molecule has 60 valence electrons. The van der Waals surface area contributed by atoms with Crippen molar-refractivity contribution >= 4 is 0 Å². The summed E-state index contributed by atoms with van der Waals surface area (Å²) in [6.07, 6.45) is 2.26. The standard InChI is InChI=1S/C11H16/c1-7-6-8(2)10(4)11(5)9(7)3/h6,9H,5H2,1-4H3. The maximum atomic E-state index is 4.08. The minimum absolute atomic E-state index is 0.540. The summed E-state index contributed by atoms with van der Waals surface area (Å²) in [5, 5.41) is 0. The quantitative estimate of drug-likeness (QED) is 0.493. The lowest BCUT2D eigenvalue weighted by Crippen LogP contribution is -2.07. The Hall–Kier alpha value is -0.780. The number of hydrogen-bond acceptors (Lipinski definition) is 0. The highest BCUT2D eigenvalue weighted by atomic mass is 14.2. The van der Waals surface area contributed by atoms with E-state index in [0.29, 0.717) is 5.92 Å². The van der Waals surface area contributed by atoms with E-state index < -0.39 is 0 Å². The first kappa shape index (κ1) is 8.32. The Bertz CT molecular complexity index is 249. The predicted molar refractivity (Wildman–Crippen MR) is 50.4 cm³/mol. The van der Waals surface area contributed by atoms with Gasteiger partial charge in [-0.25, -0.2) is 0 Å². The van der Waals surface area contributed by atoms with Gasteiger partial charge in [0.15, 0.2) is 0 Å². The second-order valence-electron chi connectivity index (χ2n) is 3.44. The third kappa shape index (κ3) is 1.30. The number of rotatable bonds is 0. The Morgan fingerprint density at radius 1 is 1.27 bits per heavy atom. The summed E-state index contributed by atoms with van der Waals surface area (Å²) in [5.41, 5.74) is 5.44. The normalized spacial score (nSPS) is 25.6. The Balaban J connectivity index is 3.11. The molecule has 0 aromatic rings. The lowest BCUT2D eigenvalue weighted by atomic mass is 9.83. The van der Waals surface area contributed by atoms with Crippen molar-refractivity contribution in [1.29, 1.82) is 0 Å². The Morgan fingerprint density at radius 2 is 1.82 bits per heavy atom. The first-order valence-electron chi connectivity index (χ1n) is 4.09. The fourth-order valence-electron chi connectivity index (χ4n) is 1.43. The summed E-state index contributed by atoms with van der Waals surface area (Å²) in [5.74, 6) is 0.540. The van der Waals surface area contributed by atoms with Crippen molar-refractivity contribution in [1.82, 2.24) is 0 Å². The van der Waals surface area contributed by atoms with Gasteiger partial charge in [-0.1, -0.05) is 25.2 Å². The van der Waals surface area contributed by atoms with Crippen LogP contribution in [0.5, 0.6) is 0 Å². The van der Waals surface area contributed by atoms with Gasteiger partial charge in [-0.3, -0.25) is 0 Å². The fourth-order valence-corrected chi connectivity index (χ4v) is 1.43. The van der Waals surface area contributed by atoms with E-state index in [1.165, 1.54) is 22.3 Å². The molecule has 0 fully saturated rings. The second-order valence-corrected chi connectivity index (χ2v) is 3.44. The van der Waals surface area contributed by atoms with Crippen LogP contribution in [0.3, 0.4) is 0 Å². The molecule has 0 heteroatoms. The van der Waals surface area contributed by atoms with E-state index >= 15 is 0 Å². The van der Waals surface area contributed by atoms with Crippen LogP contribution in [0.1, 0.15) is 27.7 Å². The highest BCUT2D eigenvalue weighted by Crippen LogP contribution is 2.31. The van der Waals surface area contributed by atoms with Gasteiger partial charge < -0.3 is 0 Å². The van der Waals surface area contributed by atoms with Crippen LogP contribution >= 0.6 is 0 Å². The molecular formula is C11H16. The molecule has 0 aromatic carbocycles. The van der Waals surface area contributed by atoms with Crippen LogP contribution in [-0.2, 0) is 0 Å². The minimum Gasteiger partial charge on any atom is -0.0950 e. The SMILES string of the molecule is C=C1C(C)=C(C)C=C(C)C1C. The Kier molecular flexibility index (Phi) is 2.03. The monoisotopic (exact) mass is 148 g/mol. The first-order chi connectivity index (χ1) is 5.04. The van der Waals surface area contributed by atoms with E-state index in [4.69, 9.17) is 0 Å². The van der Waals surface area contributed by atoms with Crippen LogP contribution in [-0.4, -0.2) is 0 Å². The largest absolute Gasteiger partial charge is 0.0950 e. The van der Waals surface area contributed by atoms with Crippen molar-refractivity contribution in [2.45, 2.75) is 27.7 Å². The lowest BCUT2D eigenvalue weighted by molar-refractivity contribution is 0.794. The molecule has 0 amide bonds. The third-order valence-corrected chi connectivity index (χ3v) is 2.72. The van der Waals surface area contributed by atoms with E-state index in [-0.39, 0.29) is 0 Å². The van der Waals surface area contributed by atoms with Crippen LogP contribution < -0.4 is 0 Å². The Labute approximate surface area is 69.3 Å². The van der Waals surface area contributed by atoms with Gasteiger partial charge in [0.1, 0.15) is 0 Å². The molecule has 0 saturated heterocycles. The van der Waals surface area contributed by atoms with Gasteiger partial charge >= 0.3 is 0 Å². The van der Waals surface area contributed by atoms with E-state index in [1.807, 2.05) is 0 Å². The minimum atomic E-state index is 0.540. The average molecular weight is 148 g/mol. The van der Waals surface area contributed by atoms with E-state index in [2.05, 4.69) is 40.3 Å². The molecule has 0 aromatic heterocycles. The topological polar surface area (TPSA) is 0 Å². The molecule has 0 nitrogen and oxygen atoms in total. The molecule has 0 bridgehead atoms. The Morgan fingerprint density at radius 3 is 2.36 bits per heavy atom. The summed E-state index contributed by atoms with van der Waals surface area (Å²) >= 11 is 0. The van der Waals surface area contributed by atoms with Gasteiger partial charge in [-0.05, 0) is 37.5 Å². The van der Waals surface area contributed by atoms with Crippen LogP contribution in [0.2, 0.25) is 0 Å². The summed E-state index contributed by atoms with van der Waals surface area (Å²) in [6.45, 7) is 12.8. The van der Waals surface area contributed by atoms with E-state index in [1.54, 1.807) is 0 Å². The third-order valence-electron chi connectivity index (χ3n) is 2.72. The van der Waals surface area contributed by atoms with Gasteiger partial charge in [0, 0.05) is 5.92 Å². The van der Waals surface area contributed by atoms with Crippen molar-refractivity contribution < 1.29 is 0 Å². The molecule has 11 heavy (non-hydrogen) atoms. The molecule has 0 aliphatic heterocycles. The van der Waals surface area contributed by atoms with Crippen molar-refractivity contribution in [2.75, 3.05) is 0 Å². The summed E-state index contributed by atoms with van der Waals surface area (Å²) in [7, 11) is 0. The van der Waals surface area contributed by atoms with Crippen molar-refractivity contribution in [2.24, 2.45) is 5.92 Å². The smallest absolute Gasteiger partial charge is 0.00171 e. The van der Waals surface area contributed by atoms with Crippen molar-refractivity contribution in [3.63, 3.8) is 0 Å². The van der Waals surface area contributed by atoms with Gasteiger partial charge in [0.2, 0.25) is 0 Å². The maximum Gasteiger partial charge on any atom is 0.00171 e. The highest BCUT2D eigenvalue weighted by Gasteiger charge is 2.15. The van der Waals surface area contributed by atoms with E-state index in [0.717, 1.165) is 0 Å². The molecule has 0 saturated carbocycles. The van der Waals surface area contributed by atoms with Crippen LogP contribution in [0, 0.1) is 5.92 Å². The molecule has 1 aliphatic rings. The van der Waals surface area contributed by atoms with Gasteiger partial charge in [-0.15, -0.1) is 0 Å². The molecule has 1 aliphatic carbocycles. The zero-order valence-corrected chi connectivity index (χ0v) is 7.86. The van der Waals surface area contributed by atoms with Gasteiger partial charge in [-0.2, -0.15) is 0 Å². The molecule has 1 unspecified atom stereocenters. The van der Waals surface area contributed by atoms with Gasteiger partial charge in [0.25, 0.3) is 0 Å². The summed E-state index contributed by atoms with van der Waals surface area (Å²) in [4.78, 5) is 0. The van der Waals surface area contributed by atoms with Crippen LogP contribution in [0.25, 0.3) is 0 Å². The van der Waals surface area contributed by atoms with Crippen molar-refractivity contribution in [3.05, 3.63) is 34.9 Å². The van der Waals surface area contributed by atoms with Crippen LogP contribution in [0.4, 0.5) is 0 Å². The number of hydrogen-bond donors (Lipinski definition) is 0. The molecule has 0 radical (unpaired) electrons. The molecule has 0 heterocycles. The zero-order chi connectivity index (χ0) is 8.59. The highest BCUT2D eigenvalue weighted by molar-refractivity contribution is 5.46. The summed E-state index contributed by atoms with van der Waals surface area (Å²) < 4.78 is 0. The first-order valence-corrected chi connectivity index (χ1v) is 4.09. The molecule has 1 rings (SSSR count). The average Bonchev–Trinajstić information content (AvgIpc) is 1.97. The van der Waals surface area contributed by atoms with E-state index in [9.17, 15) is 0 Å².